The number of ether oxygens (including phenoxy) is 2. The van der Waals surface area contributed by atoms with Gasteiger partial charge in [-0.1, -0.05) is 43.0 Å². The summed E-state index contributed by atoms with van der Waals surface area (Å²) in [4.78, 5) is 11.5. The molecule has 3 aromatic carbocycles. The summed E-state index contributed by atoms with van der Waals surface area (Å²) in [5.74, 6) is -0.860. The fourth-order valence-corrected chi connectivity index (χ4v) is 3.51. The summed E-state index contributed by atoms with van der Waals surface area (Å²) in [6.07, 6.45) is 1.12. The quantitative estimate of drug-likeness (QED) is 0.225. The van der Waals surface area contributed by atoms with E-state index in [1.807, 2.05) is 6.07 Å². The average molecular weight is 467 g/mol. The van der Waals surface area contributed by atoms with Crippen molar-refractivity contribution in [3.63, 3.8) is 0 Å². The largest absolute Gasteiger partial charge is 0.490 e. The van der Waals surface area contributed by atoms with Crippen molar-refractivity contribution < 1.29 is 28.2 Å². The zero-order valence-corrected chi connectivity index (χ0v) is 19.4. The molecule has 0 unspecified atom stereocenters. The summed E-state index contributed by atoms with van der Waals surface area (Å²) in [6, 6.07) is 14.8. The van der Waals surface area contributed by atoms with Gasteiger partial charge >= 0.3 is 5.97 Å². The molecule has 4 nitrogen and oxygen atoms in total. The van der Waals surface area contributed by atoms with Crippen molar-refractivity contribution in [3.05, 3.63) is 89.5 Å². The molecule has 0 aliphatic rings. The fraction of sp³-hybridized carbons (Fsp3) is 0.250. The number of esters is 1. The normalized spacial score (nSPS) is 10.7. The Balaban J connectivity index is 1.84. The number of benzene rings is 3. The lowest BCUT2D eigenvalue weighted by Crippen LogP contribution is -2.13. The highest BCUT2D eigenvalue weighted by Crippen LogP contribution is 2.33. The van der Waals surface area contributed by atoms with Crippen LogP contribution < -0.4 is 4.74 Å². The molecule has 0 spiro atoms. The van der Waals surface area contributed by atoms with E-state index < -0.39 is 17.6 Å². The van der Waals surface area contributed by atoms with Crippen molar-refractivity contribution in [1.82, 2.24) is 0 Å². The lowest BCUT2D eigenvalue weighted by Gasteiger charge is -2.14. The van der Waals surface area contributed by atoms with Gasteiger partial charge in [-0.05, 0) is 67.1 Å². The van der Waals surface area contributed by atoms with E-state index in [4.69, 9.17) is 9.47 Å². The Labute approximate surface area is 198 Å². The van der Waals surface area contributed by atoms with Crippen LogP contribution in [0.15, 0.2) is 66.7 Å². The number of carbonyl (C=O) groups is 1. The summed E-state index contributed by atoms with van der Waals surface area (Å²) < 4.78 is 40.3. The van der Waals surface area contributed by atoms with E-state index in [1.54, 1.807) is 50.2 Å². The van der Waals surface area contributed by atoms with E-state index in [1.165, 1.54) is 12.1 Å². The summed E-state index contributed by atoms with van der Waals surface area (Å²) in [5.41, 5.74) is 3.68. The van der Waals surface area contributed by atoms with Crippen LogP contribution in [0, 0.1) is 18.6 Å². The summed E-state index contributed by atoms with van der Waals surface area (Å²) in [7, 11) is 0. The number of hydrogen-bond donors (Lipinski definition) is 1. The minimum absolute atomic E-state index is 0.0308. The number of aliphatic hydroxyl groups is 1. The van der Waals surface area contributed by atoms with Crippen LogP contribution in [-0.4, -0.2) is 30.9 Å². The molecule has 0 aromatic heterocycles. The number of hydrogen-bond acceptors (Lipinski definition) is 4. The summed E-state index contributed by atoms with van der Waals surface area (Å²) >= 11 is 0. The highest BCUT2D eigenvalue weighted by molar-refractivity contribution is 5.86. The molecule has 0 saturated heterocycles. The first-order valence-electron chi connectivity index (χ1n) is 11.1. The molecule has 0 saturated carbocycles. The number of aryl methyl sites for hydroxylation is 2. The number of rotatable bonds is 10. The third-order valence-corrected chi connectivity index (χ3v) is 5.31. The Morgan fingerprint density at radius 3 is 2.24 bits per heavy atom. The van der Waals surface area contributed by atoms with Crippen LogP contribution in [0.4, 0.5) is 8.78 Å². The summed E-state index contributed by atoms with van der Waals surface area (Å²) in [5, 5.41) is 9.19. The Kier molecular flexibility index (Phi) is 8.55. The van der Waals surface area contributed by atoms with Crippen molar-refractivity contribution in [2.45, 2.75) is 26.7 Å². The minimum atomic E-state index is -0.495. The average Bonchev–Trinajstić information content (AvgIpc) is 2.80. The summed E-state index contributed by atoms with van der Waals surface area (Å²) in [6.45, 7) is 7.08. The number of carbonyl (C=O) groups excluding carboxylic acids is 1. The zero-order chi connectivity index (χ0) is 24.7. The molecule has 3 aromatic rings. The predicted molar refractivity (Wildman–Crippen MR) is 129 cm³/mol. The van der Waals surface area contributed by atoms with Crippen molar-refractivity contribution in [1.29, 1.82) is 0 Å². The molecule has 0 radical (unpaired) electrons. The third-order valence-electron chi connectivity index (χ3n) is 5.31. The molecule has 1 N–H and O–H groups in total. The van der Waals surface area contributed by atoms with Gasteiger partial charge < -0.3 is 14.6 Å². The van der Waals surface area contributed by atoms with Crippen molar-refractivity contribution >= 4 is 5.97 Å². The van der Waals surface area contributed by atoms with E-state index in [-0.39, 0.29) is 19.8 Å². The van der Waals surface area contributed by atoms with E-state index in [0.29, 0.717) is 46.4 Å². The smallest absolute Gasteiger partial charge is 0.333 e. The zero-order valence-electron chi connectivity index (χ0n) is 19.4. The van der Waals surface area contributed by atoms with Crippen LogP contribution >= 0.6 is 0 Å². The standard InChI is InChI=1S/C28H28F2O4/c1-18(2)28(32)34-14-13-33-27-17-22(8-7-20(27)5-4-12-31)24-11-9-21(16-26(24)30)23-10-6-19(3)15-25(23)29/h6-11,15-17,31H,1,4-5,12-14H2,2-3H3. The fourth-order valence-electron chi connectivity index (χ4n) is 3.51. The molecule has 0 atom stereocenters. The van der Waals surface area contributed by atoms with E-state index in [0.717, 1.165) is 11.1 Å². The van der Waals surface area contributed by atoms with Gasteiger partial charge in [0.2, 0.25) is 0 Å². The maximum absolute atomic E-state index is 15.1. The molecule has 0 fully saturated rings. The highest BCUT2D eigenvalue weighted by atomic mass is 19.1. The van der Waals surface area contributed by atoms with Gasteiger partial charge in [-0.2, -0.15) is 0 Å². The Morgan fingerprint density at radius 1 is 0.941 bits per heavy atom. The monoisotopic (exact) mass is 466 g/mol. The molecule has 0 aliphatic carbocycles. The van der Waals surface area contributed by atoms with Crippen molar-refractivity contribution in [2.75, 3.05) is 19.8 Å². The van der Waals surface area contributed by atoms with Crippen LogP contribution in [0.25, 0.3) is 22.3 Å². The van der Waals surface area contributed by atoms with Gasteiger partial charge in [-0.25, -0.2) is 13.6 Å². The van der Waals surface area contributed by atoms with Crippen LogP contribution in [-0.2, 0) is 16.0 Å². The first-order chi connectivity index (χ1) is 16.3. The molecule has 0 aliphatic heterocycles. The van der Waals surface area contributed by atoms with Gasteiger partial charge in [0.05, 0.1) is 0 Å². The van der Waals surface area contributed by atoms with Gasteiger partial charge in [0.25, 0.3) is 0 Å². The molecular weight excluding hydrogens is 438 g/mol. The SMILES string of the molecule is C=C(C)C(=O)OCCOc1cc(-c2ccc(-c3ccc(C)cc3F)cc2F)ccc1CCCO. The second-order valence-corrected chi connectivity index (χ2v) is 8.09. The molecule has 0 heterocycles. The second kappa shape index (κ2) is 11.6. The highest BCUT2D eigenvalue weighted by Gasteiger charge is 2.13. The van der Waals surface area contributed by atoms with E-state index >= 15 is 4.39 Å². The molecular formula is C28H28F2O4. The second-order valence-electron chi connectivity index (χ2n) is 8.09. The van der Waals surface area contributed by atoms with Gasteiger partial charge in [0.1, 0.15) is 30.6 Å². The van der Waals surface area contributed by atoms with Crippen LogP contribution in [0.1, 0.15) is 24.5 Å². The lowest BCUT2D eigenvalue weighted by molar-refractivity contribution is -0.139. The predicted octanol–water partition coefficient (Wildman–Crippen LogP) is 6.03. The molecule has 6 heteroatoms. The van der Waals surface area contributed by atoms with Gasteiger partial charge in [0, 0.05) is 23.3 Å². The van der Waals surface area contributed by atoms with E-state index in [2.05, 4.69) is 6.58 Å². The van der Waals surface area contributed by atoms with Crippen LogP contribution in [0.2, 0.25) is 0 Å². The Hall–Kier alpha value is -3.51. The Morgan fingerprint density at radius 2 is 1.59 bits per heavy atom. The maximum Gasteiger partial charge on any atom is 0.333 e. The van der Waals surface area contributed by atoms with Crippen LogP contribution in [0.3, 0.4) is 0 Å². The number of aliphatic hydroxyl groups excluding tert-OH is 1. The third kappa shape index (κ3) is 6.29. The maximum atomic E-state index is 15.1. The Bertz CT molecular complexity index is 1190. The van der Waals surface area contributed by atoms with Crippen LogP contribution in [0.5, 0.6) is 5.75 Å². The molecule has 3 rings (SSSR count). The minimum Gasteiger partial charge on any atom is -0.490 e. The van der Waals surface area contributed by atoms with Crippen molar-refractivity contribution in [2.24, 2.45) is 0 Å². The van der Waals surface area contributed by atoms with Crippen molar-refractivity contribution in [3.8, 4) is 28.0 Å². The molecule has 0 bridgehead atoms. The first-order valence-corrected chi connectivity index (χ1v) is 11.1. The van der Waals surface area contributed by atoms with Gasteiger partial charge in [-0.15, -0.1) is 0 Å². The molecule has 34 heavy (non-hydrogen) atoms. The topological polar surface area (TPSA) is 55.8 Å². The molecule has 0 amide bonds. The number of halogens is 2. The lowest BCUT2D eigenvalue weighted by atomic mass is 9.97. The van der Waals surface area contributed by atoms with Gasteiger partial charge in [0.15, 0.2) is 0 Å². The van der Waals surface area contributed by atoms with E-state index in [9.17, 15) is 14.3 Å². The molecule has 178 valence electrons. The first kappa shape index (κ1) is 25.1. The van der Waals surface area contributed by atoms with Gasteiger partial charge in [-0.3, -0.25) is 0 Å².